The summed E-state index contributed by atoms with van der Waals surface area (Å²) in [6, 6.07) is 19.3. The van der Waals surface area contributed by atoms with Crippen LogP contribution >= 0.6 is 23.2 Å². The van der Waals surface area contributed by atoms with E-state index in [1.54, 1.807) is 42.5 Å². The molecule has 0 saturated carbocycles. The number of carbonyl (C=O) groups is 1. The van der Waals surface area contributed by atoms with Crippen LogP contribution in [-0.4, -0.2) is 21.4 Å². The summed E-state index contributed by atoms with van der Waals surface area (Å²) in [5, 5.41) is 3.26. The Morgan fingerprint density at radius 1 is 0.893 bits per heavy atom. The first-order valence-electron chi connectivity index (χ1n) is 8.20. The Labute approximate surface area is 173 Å². The molecule has 1 N–H and O–H groups in total. The van der Waals surface area contributed by atoms with Crippen LogP contribution in [0.5, 0.6) is 0 Å². The highest BCUT2D eigenvalue weighted by atomic mass is 35.5. The van der Waals surface area contributed by atoms with Gasteiger partial charge < -0.3 is 5.32 Å². The predicted molar refractivity (Wildman–Crippen MR) is 113 cm³/mol. The molecular weight excluding hydrogens is 419 g/mol. The van der Waals surface area contributed by atoms with Crippen LogP contribution in [0, 0.1) is 0 Å². The molecule has 0 heterocycles. The fourth-order valence-electron chi connectivity index (χ4n) is 2.52. The largest absolute Gasteiger partial charge is 0.321 e. The standard InChI is InChI=1S/C20H16Cl2N2O3S/c1-24(28(26,27)15-7-3-2-4-8-15)14-11-12-17(21)16(13-14)20(25)23-19-10-6-5-9-18(19)22/h2-13H,1H3,(H,23,25). The molecule has 3 aromatic rings. The van der Waals surface area contributed by atoms with Crippen LogP contribution in [0.2, 0.25) is 10.0 Å². The van der Waals surface area contributed by atoms with Gasteiger partial charge >= 0.3 is 0 Å². The molecule has 0 unspecified atom stereocenters. The van der Waals surface area contributed by atoms with Crippen molar-refractivity contribution in [1.82, 2.24) is 0 Å². The zero-order chi connectivity index (χ0) is 20.3. The minimum atomic E-state index is -3.78. The van der Waals surface area contributed by atoms with E-state index < -0.39 is 15.9 Å². The molecule has 0 aliphatic rings. The fourth-order valence-corrected chi connectivity index (χ4v) is 4.12. The number of rotatable bonds is 5. The number of amides is 1. The third-order valence-electron chi connectivity index (χ3n) is 4.08. The Hall–Kier alpha value is -2.54. The number of para-hydroxylation sites is 1. The number of carbonyl (C=O) groups excluding carboxylic acids is 1. The van der Waals surface area contributed by atoms with Gasteiger partial charge in [0, 0.05) is 7.05 Å². The molecule has 1 amide bonds. The van der Waals surface area contributed by atoms with E-state index in [0.29, 0.717) is 16.4 Å². The third-order valence-corrected chi connectivity index (χ3v) is 6.54. The Morgan fingerprint density at radius 3 is 2.21 bits per heavy atom. The van der Waals surface area contributed by atoms with Crippen LogP contribution in [0.4, 0.5) is 11.4 Å². The van der Waals surface area contributed by atoms with Crippen molar-refractivity contribution in [1.29, 1.82) is 0 Å². The molecule has 144 valence electrons. The number of hydrogen-bond acceptors (Lipinski definition) is 3. The number of benzene rings is 3. The first-order chi connectivity index (χ1) is 13.3. The van der Waals surface area contributed by atoms with Crippen molar-refractivity contribution in [2.45, 2.75) is 4.90 Å². The maximum atomic E-state index is 12.8. The number of halogens is 2. The van der Waals surface area contributed by atoms with E-state index in [-0.39, 0.29) is 15.5 Å². The topological polar surface area (TPSA) is 66.5 Å². The summed E-state index contributed by atoms with van der Waals surface area (Å²) in [7, 11) is -2.36. The van der Waals surface area contributed by atoms with Gasteiger partial charge in [0.15, 0.2) is 0 Å². The maximum Gasteiger partial charge on any atom is 0.264 e. The molecular formula is C20H16Cl2N2O3S. The quantitative estimate of drug-likeness (QED) is 0.609. The second-order valence-electron chi connectivity index (χ2n) is 5.88. The monoisotopic (exact) mass is 434 g/mol. The molecule has 0 aliphatic heterocycles. The van der Waals surface area contributed by atoms with Crippen molar-refractivity contribution < 1.29 is 13.2 Å². The molecule has 0 spiro atoms. The molecule has 8 heteroatoms. The predicted octanol–water partition coefficient (Wildman–Crippen LogP) is 5.07. The van der Waals surface area contributed by atoms with Gasteiger partial charge in [0.25, 0.3) is 15.9 Å². The normalized spacial score (nSPS) is 11.1. The molecule has 0 atom stereocenters. The first kappa shape index (κ1) is 20.2. The van der Waals surface area contributed by atoms with Gasteiger partial charge in [-0.25, -0.2) is 8.42 Å². The van der Waals surface area contributed by atoms with Crippen molar-refractivity contribution in [2.75, 3.05) is 16.7 Å². The van der Waals surface area contributed by atoms with E-state index >= 15 is 0 Å². The summed E-state index contributed by atoms with van der Waals surface area (Å²) in [5.74, 6) is -0.495. The summed E-state index contributed by atoms with van der Waals surface area (Å²) in [5.41, 5.74) is 0.868. The zero-order valence-corrected chi connectivity index (χ0v) is 17.1. The SMILES string of the molecule is CN(c1ccc(Cl)c(C(=O)Nc2ccccc2Cl)c1)S(=O)(=O)c1ccccc1. The summed E-state index contributed by atoms with van der Waals surface area (Å²) in [6.07, 6.45) is 0. The number of nitrogens with one attached hydrogen (secondary N) is 1. The number of hydrogen-bond donors (Lipinski definition) is 1. The van der Waals surface area contributed by atoms with Gasteiger partial charge in [0.2, 0.25) is 0 Å². The Morgan fingerprint density at radius 2 is 1.54 bits per heavy atom. The Kier molecular flexibility index (Phi) is 5.93. The van der Waals surface area contributed by atoms with Crippen LogP contribution in [0.25, 0.3) is 0 Å². The molecule has 0 radical (unpaired) electrons. The average molecular weight is 435 g/mol. The van der Waals surface area contributed by atoms with Crippen molar-refractivity contribution in [3.63, 3.8) is 0 Å². The molecule has 3 aromatic carbocycles. The van der Waals surface area contributed by atoms with Crippen LogP contribution < -0.4 is 9.62 Å². The molecule has 0 aliphatic carbocycles. The first-order valence-corrected chi connectivity index (χ1v) is 10.4. The number of nitrogens with zero attached hydrogens (tertiary/aromatic N) is 1. The molecule has 28 heavy (non-hydrogen) atoms. The zero-order valence-electron chi connectivity index (χ0n) is 14.8. The van der Waals surface area contributed by atoms with E-state index in [2.05, 4.69) is 5.32 Å². The molecule has 5 nitrogen and oxygen atoms in total. The molecule has 3 rings (SSSR count). The lowest BCUT2D eigenvalue weighted by molar-refractivity contribution is 0.102. The summed E-state index contributed by atoms with van der Waals surface area (Å²) >= 11 is 12.2. The third kappa shape index (κ3) is 4.14. The van der Waals surface area contributed by atoms with Crippen molar-refractivity contribution in [2.24, 2.45) is 0 Å². The lowest BCUT2D eigenvalue weighted by Crippen LogP contribution is -2.27. The highest BCUT2D eigenvalue weighted by Crippen LogP contribution is 2.28. The smallest absolute Gasteiger partial charge is 0.264 e. The van der Waals surface area contributed by atoms with E-state index in [1.165, 1.54) is 37.4 Å². The van der Waals surface area contributed by atoms with Gasteiger partial charge in [0.1, 0.15) is 0 Å². The van der Waals surface area contributed by atoms with Gasteiger partial charge in [-0.3, -0.25) is 9.10 Å². The van der Waals surface area contributed by atoms with Crippen LogP contribution in [0.15, 0.2) is 77.7 Å². The van der Waals surface area contributed by atoms with Crippen molar-refractivity contribution in [3.8, 4) is 0 Å². The minimum absolute atomic E-state index is 0.134. The highest BCUT2D eigenvalue weighted by molar-refractivity contribution is 7.92. The summed E-state index contributed by atoms with van der Waals surface area (Å²) in [6.45, 7) is 0. The lowest BCUT2D eigenvalue weighted by Gasteiger charge is -2.20. The van der Waals surface area contributed by atoms with Gasteiger partial charge in [-0.1, -0.05) is 53.5 Å². The number of sulfonamides is 1. The van der Waals surface area contributed by atoms with Gasteiger partial charge in [0.05, 0.1) is 31.9 Å². The fraction of sp³-hybridized carbons (Fsp3) is 0.0500. The van der Waals surface area contributed by atoms with Gasteiger partial charge in [-0.05, 0) is 42.5 Å². The Bertz CT molecular complexity index is 1120. The minimum Gasteiger partial charge on any atom is -0.321 e. The average Bonchev–Trinajstić information content (AvgIpc) is 2.70. The summed E-state index contributed by atoms with van der Waals surface area (Å²) in [4.78, 5) is 12.8. The van der Waals surface area contributed by atoms with Crippen LogP contribution in [-0.2, 0) is 10.0 Å². The second kappa shape index (κ2) is 8.22. The maximum absolute atomic E-state index is 12.8. The van der Waals surface area contributed by atoms with Crippen molar-refractivity contribution in [3.05, 3.63) is 88.4 Å². The van der Waals surface area contributed by atoms with Crippen LogP contribution in [0.3, 0.4) is 0 Å². The van der Waals surface area contributed by atoms with E-state index in [4.69, 9.17) is 23.2 Å². The molecule has 0 bridgehead atoms. The van der Waals surface area contributed by atoms with Gasteiger partial charge in [-0.15, -0.1) is 0 Å². The number of anilines is 2. The van der Waals surface area contributed by atoms with E-state index in [0.717, 1.165) is 4.31 Å². The summed E-state index contributed by atoms with van der Waals surface area (Å²) < 4.78 is 26.7. The molecule has 0 saturated heterocycles. The van der Waals surface area contributed by atoms with E-state index in [1.807, 2.05) is 0 Å². The molecule has 0 fully saturated rings. The van der Waals surface area contributed by atoms with Crippen LogP contribution in [0.1, 0.15) is 10.4 Å². The molecule has 0 aromatic heterocycles. The lowest BCUT2D eigenvalue weighted by atomic mass is 10.1. The second-order valence-corrected chi connectivity index (χ2v) is 8.67. The van der Waals surface area contributed by atoms with E-state index in [9.17, 15) is 13.2 Å². The highest BCUT2D eigenvalue weighted by Gasteiger charge is 2.22. The van der Waals surface area contributed by atoms with Crippen molar-refractivity contribution >= 4 is 50.5 Å². The Balaban J connectivity index is 1.93. The van der Waals surface area contributed by atoms with Gasteiger partial charge in [-0.2, -0.15) is 0 Å².